The molecule has 0 spiro atoms. The Morgan fingerprint density at radius 2 is 2.05 bits per heavy atom. The quantitative estimate of drug-likeness (QED) is 0.872. The zero-order chi connectivity index (χ0) is 15.4. The van der Waals surface area contributed by atoms with Crippen molar-refractivity contribution in [1.82, 2.24) is 0 Å². The Balaban J connectivity index is 2.42. The number of rotatable bonds is 1. The molecule has 1 heterocycles. The van der Waals surface area contributed by atoms with Crippen molar-refractivity contribution in [2.24, 2.45) is 0 Å². The minimum absolute atomic E-state index is 0.165. The maximum atomic E-state index is 12.7. The Morgan fingerprint density at radius 1 is 1.33 bits per heavy atom. The standard InChI is InChI=1S/C17H16O4/c1-9-4-5-13-11(6-9)14(18)12-7-10(16(19)20)8-17(2,3)15(12)21-13/h4-7H,8H2,1-3H3,(H,19,20). The van der Waals surface area contributed by atoms with E-state index in [1.54, 1.807) is 12.1 Å². The van der Waals surface area contributed by atoms with Gasteiger partial charge in [-0.15, -0.1) is 0 Å². The van der Waals surface area contributed by atoms with Crippen LogP contribution < -0.4 is 5.43 Å². The fourth-order valence-corrected chi connectivity index (χ4v) is 2.88. The van der Waals surface area contributed by atoms with Crippen LogP contribution in [0.15, 0.2) is 33.0 Å². The summed E-state index contributed by atoms with van der Waals surface area (Å²) >= 11 is 0. The summed E-state index contributed by atoms with van der Waals surface area (Å²) < 4.78 is 5.93. The molecule has 0 saturated carbocycles. The molecule has 0 saturated heterocycles. The number of carboxylic acids is 1. The SMILES string of the molecule is Cc1ccc2oc3c(c(=O)c2c1)C=C(C(=O)O)CC3(C)C. The third kappa shape index (κ3) is 2.07. The van der Waals surface area contributed by atoms with Crippen LogP contribution in [0.3, 0.4) is 0 Å². The lowest BCUT2D eigenvalue weighted by molar-refractivity contribution is -0.132. The highest BCUT2D eigenvalue weighted by Gasteiger charge is 2.35. The molecule has 0 fully saturated rings. The van der Waals surface area contributed by atoms with E-state index in [9.17, 15) is 14.7 Å². The number of fused-ring (bicyclic) bond motifs is 2. The van der Waals surface area contributed by atoms with Gasteiger partial charge in [-0.3, -0.25) is 4.79 Å². The van der Waals surface area contributed by atoms with Gasteiger partial charge in [0.05, 0.1) is 10.9 Å². The van der Waals surface area contributed by atoms with Gasteiger partial charge in [0.25, 0.3) is 0 Å². The van der Waals surface area contributed by atoms with Crippen LogP contribution in [0.25, 0.3) is 17.0 Å². The van der Waals surface area contributed by atoms with Crippen molar-refractivity contribution in [3.63, 3.8) is 0 Å². The summed E-state index contributed by atoms with van der Waals surface area (Å²) in [4.78, 5) is 24.0. The Hall–Kier alpha value is -2.36. The molecule has 1 N–H and O–H groups in total. The summed E-state index contributed by atoms with van der Waals surface area (Å²) in [7, 11) is 0. The number of aliphatic carboxylic acids is 1. The molecule has 0 radical (unpaired) electrons. The maximum absolute atomic E-state index is 12.7. The van der Waals surface area contributed by atoms with E-state index in [4.69, 9.17) is 4.42 Å². The van der Waals surface area contributed by atoms with E-state index in [-0.39, 0.29) is 11.0 Å². The van der Waals surface area contributed by atoms with Crippen LogP contribution in [0.2, 0.25) is 0 Å². The van der Waals surface area contributed by atoms with E-state index >= 15 is 0 Å². The van der Waals surface area contributed by atoms with E-state index in [0.717, 1.165) is 5.56 Å². The summed E-state index contributed by atoms with van der Waals surface area (Å²) in [5.74, 6) is -0.425. The van der Waals surface area contributed by atoms with Gasteiger partial charge in [-0.05, 0) is 31.6 Å². The smallest absolute Gasteiger partial charge is 0.331 e. The number of aryl methyl sites for hydroxylation is 1. The molecular formula is C17H16O4. The first-order chi connectivity index (χ1) is 9.79. The van der Waals surface area contributed by atoms with E-state index in [0.29, 0.717) is 28.7 Å². The lowest BCUT2D eigenvalue weighted by Gasteiger charge is -2.29. The highest BCUT2D eigenvalue weighted by atomic mass is 16.4. The van der Waals surface area contributed by atoms with Gasteiger partial charge in [0.15, 0.2) is 5.43 Å². The van der Waals surface area contributed by atoms with E-state index < -0.39 is 11.4 Å². The minimum atomic E-state index is -0.988. The Kier molecular flexibility index (Phi) is 2.80. The predicted octanol–water partition coefficient (Wildman–Crippen LogP) is 3.25. The first kappa shape index (κ1) is 13.6. The highest BCUT2D eigenvalue weighted by Crippen LogP contribution is 2.38. The molecule has 0 bridgehead atoms. The third-order valence-corrected chi connectivity index (χ3v) is 3.92. The zero-order valence-corrected chi connectivity index (χ0v) is 12.2. The second-order valence-corrected chi connectivity index (χ2v) is 6.21. The van der Waals surface area contributed by atoms with Crippen LogP contribution in [-0.4, -0.2) is 11.1 Å². The number of carbonyl (C=O) groups is 1. The average Bonchev–Trinajstić information content (AvgIpc) is 2.40. The van der Waals surface area contributed by atoms with Gasteiger partial charge in [0, 0.05) is 11.0 Å². The maximum Gasteiger partial charge on any atom is 0.331 e. The van der Waals surface area contributed by atoms with Crippen LogP contribution in [0.5, 0.6) is 0 Å². The molecule has 1 aliphatic rings. The van der Waals surface area contributed by atoms with Gasteiger partial charge in [-0.1, -0.05) is 25.5 Å². The van der Waals surface area contributed by atoms with Crippen LogP contribution in [-0.2, 0) is 10.2 Å². The first-order valence-electron chi connectivity index (χ1n) is 6.81. The zero-order valence-electron chi connectivity index (χ0n) is 12.2. The van der Waals surface area contributed by atoms with Gasteiger partial charge >= 0.3 is 5.97 Å². The van der Waals surface area contributed by atoms with Crippen molar-refractivity contribution < 1.29 is 14.3 Å². The molecule has 1 aliphatic carbocycles. The van der Waals surface area contributed by atoms with Crippen molar-refractivity contribution in [2.45, 2.75) is 32.6 Å². The number of hydrogen-bond acceptors (Lipinski definition) is 3. The molecular weight excluding hydrogens is 268 g/mol. The molecule has 108 valence electrons. The Labute approximate surface area is 121 Å². The second kappa shape index (κ2) is 4.32. The van der Waals surface area contributed by atoms with Crippen LogP contribution in [0, 0.1) is 6.92 Å². The molecule has 4 heteroatoms. The number of carboxylic acid groups (broad SMARTS) is 1. The lowest BCUT2D eigenvalue weighted by atomic mass is 9.76. The van der Waals surface area contributed by atoms with Crippen LogP contribution in [0.1, 0.15) is 37.2 Å². The number of hydrogen-bond donors (Lipinski definition) is 1. The average molecular weight is 284 g/mol. The predicted molar refractivity (Wildman–Crippen MR) is 80.5 cm³/mol. The molecule has 0 atom stereocenters. The van der Waals surface area contributed by atoms with E-state index in [2.05, 4.69) is 0 Å². The monoisotopic (exact) mass is 284 g/mol. The van der Waals surface area contributed by atoms with Crippen molar-refractivity contribution >= 4 is 23.0 Å². The minimum Gasteiger partial charge on any atom is -0.478 e. The number of benzene rings is 1. The molecule has 1 aromatic carbocycles. The Morgan fingerprint density at radius 3 is 2.71 bits per heavy atom. The van der Waals surface area contributed by atoms with Crippen molar-refractivity contribution in [3.05, 3.63) is 50.9 Å². The molecule has 0 unspecified atom stereocenters. The van der Waals surface area contributed by atoms with Crippen molar-refractivity contribution in [3.8, 4) is 0 Å². The molecule has 2 aromatic rings. The molecule has 0 amide bonds. The largest absolute Gasteiger partial charge is 0.478 e. The van der Waals surface area contributed by atoms with E-state index in [1.165, 1.54) is 6.08 Å². The Bertz CT molecular complexity index is 853. The van der Waals surface area contributed by atoms with Gasteiger partial charge in [-0.25, -0.2) is 4.79 Å². The topological polar surface area (TPSA) is 67.5 Å². The summed E-state index contributed by atoms with van der Waals surface area (Å²) in [5.41, 5.74) is 1.43. The normalized spacial score (nSPS) is 16.4. The summed E-state index contributed by atoms with van der Waals surface area (Å²) in [6.07, 6.45) is 1.80. The molecule has 3 rings (SSSR count). The molecule has 1 aromatic heterocycles. The van der Waals surface area contributed by atoms with Gasteiger partial charge < -0.3 is 9.52 Å². The molecule has 0 aliphatic heterocycles. The molecule has 4 nitrogen and oxygen atoms in total. The third-order valence-electron chi connectivity index (χ3n) is 3.92. The fraction of sp³-hybridized carbons (Fsp3) is 0.294. The van der Waals surface area contributed by atoms with E-state index in [1.807, 2.05) is 26.8 Å². The van der Waals surface area contributed by atoms with Crippen LogP contribution >= 0.6 is 0 Å². The summed E-state index contributed by atoms with van der Waals surface area (Å²) in [5, 5.41) is 9.74. The van der Waals surface area contributed by atoms with Gasteiger partial charge in [0.2, 0.25) is 0 Å². The van der Waals surface area contributed by atoms with Crippen LogP contribution in [0.4, 0.5) is 0 Å². The first-order valence-corrected chi connectivity index (χ1v) is 6.81. The highest BCUT2D eigenvalue weighted by molar-refractivity contribution is 5.94. The summed E-state index contributed by atoms with van der Waals surface area (Å²) in [6.45, 7) is 5.69. The molecule has 21 heavy (non-hydrogen) atoms. The fourth-order valence-electron chi connectivity index (χ4n) is 2.88. The second-order valence-electron chi connectivity index (χ2n) is 6.21. The summed E-state index contributed by atoms with van der Waals surface area (Å²) in [6, 6.07) is 5.46. The van der Waals surface area contributed by atoms with Crippen molar-refractivity contribution in [2.75, 3.05) is 0 Å². The lowest BCUT2D eigenvalue weighted by Crippen LogP contribution is -2.28. The van der Waals surface area contributed by atoms with Crippen molar-refractivity contribution in [1.29, 1.82) is 0 Å². The van der Waals surface area contributed by atoms with Gasteiger partial charge in [0.1, 0.15) is 11.3 Å². The van der Waals surface area contributed by atoms with Gasteiger partial charge in [-0.2, -0.15) is 0 Å².